The predicted octanol–water partition coefficient (Wildman–Crippen LogP) is 1.67. The van der Waals surface area contributed by atoms with E-state index in [0.29, 0.717) is 17.2 Å². The second kappa shape index (κ2) is 5.20. The number of hydrogen-bond donors (Lipinski definition) is 2. The maximum atomic E-state index is 14.1. The Bertz CT molecular complexity index is 466. The molecule has 98 valence electrons. The molecule has 18 heavy (non-hydrogen) atoms. The van der Waals surface area contributed by atoms with E-state index in [4.69, 9.17) is 18.0 Å². The van der Waals surface area contributed by atoms with E-state index in [9.17, 15) is 9.50 Å². The Morgan fingerprint density at radius 3 is 2.89 bits per heavy atom. The van der Waals surface area contributed by atoms with Gasteiger partial charge in [-0.2, -0.15) is 0 Å². The number of benzene rings is 1. The van der Waals surface area contributed by atoms with Crippen LogP contribution in [0.4, 0.5) is 10.1 Å². The molecule has 1 aliphatic heterocycles. The van der Waals surface area contributed by atoms with Crippen LogP contribution in [0.5, 0.6) is 0 Å². The number of anilines is 1. The Balaban J connectivity index is 2.31. The van der Waals surface area contributed by atoms with Gasteiger partial charge in [0.05, 0.1) is 18.3 Å². The van der Waals surface area contributed by atoms with Crippen LogP contribution in [0.15, 0.2) is 18.2 Å². The standard InChI is InChI=1S/C13H17FN2OS/c1-8-4-5-16(12(8)7-17)11-3-2-9(13(15)18)6-10(11)14/h2-3,6,8,12,17H,4-5,7H2,1H3,(H2,15,18). The number of nitrogens with zero attached hydrogens (tertiary/aromatic N) is 1. The van der Waals surface area contributed by atoms with Gasteiger partial charge < -0.3 is 15.7 Å². The zero-order valence-electron chi connectivity index (χ0n) is 10.3. The lowest BCUT2D eigenvalue weighted by atomic mass is 10.0. The number of thiocarbonyl (C=S) groups is 1. The SMILES string of the molecule is CC1CCN(c2ccc(C(N)=S)cc2F)C1CO. The molecule has 0 amide bonds. The van der Waals surface area contributed by atoms with Crippen molar-refractivity contribution in [2.45, 2.75) is 19.4 Å². The molecule has 5 heteroatoms. The van der Waals surface area contributed by atoms with Crippen LogP contribution in [-0.4, -0.2) is 29.3 Å². The lowest BCUT2D eigenvalue weighted by Crippen LogP contribution is -2.35. The molecule has 1 aromatic rings. The van der Waals surface area contributed by atoms with E-state index in [1.165, 1.54) is 6.07 Å². The van der Waals surface area contributed by atoms with Crippen LogP contribution in [0, 0.1) is 11.7 Å². The number of aliphatic hydroxyl groups excluding tert-OH is 1. The van der Waals surface area contributed by atoms with Crippen LogP contribution >= 0.6 is 12.2 Å². The van der Waals surface area contributed by atoms with Gasteiger partial charge >= 0.3 is 0 Å². The van der Waals surface area contributed by atoms with Crippen molar-refractivity contribution in [3.63, 3.8) is 0 Å². The van der Waals surface area contributed by atoms with Gasteiger partial charge in [0.25, 0.3) is 0 Å². The summed E-state index contributed by atoms with van der Waals surface area (Å²) in [5.41, 5.74) is 6.51. The Morgan fingerprint density at radius 2 is 2.33 bits per heavy atom. The summed E-state index contributed by atoms with van der Waals surface area (Å²) in [4.78, 5) is 2.11. The first-order valence-electron chi connectivity index (χ1n) is 6.01. The van der Waals surface area contributed by atoms with Gasteiger partial charge in [-0.3, -0.25) is 0 Å². The molecule has 0 aromatic heterocycles. The fourth-order valence-electron chi connectivity index (χ4n) is 2.48. The van der Waals surface area contributed by atoms with Gasteiger partial charge in [0, 0.05) is 12.1 Å². The Labute approximate surface area is 111 Å². The van der Waals surface area contributed by atoms with Crippen LogP contribution < -0.4 is 10.6 Å². The summed E-state index contributed by atoms with van der Waals surface area (Å²) in [7, 11) is 0. The summed E-state index contributed by atoms with van der Waals surface area (Å²) in [6, 6.07) is 4.74. The minimum Gasteiger partial charge on any atom is -0.394 e. The molecule has 1 saturated heterocycles. The minimum absolute atomic E-state index is 0.0184. The highest BCUT2D eigenvalue weighted by Gasteiger charge is 2.31. The fourth-order valence-corrected chi connectivity index (χ4v) is 2.61. The van der Waals surface area contributed by atoms with Gasteiger partial charge in [-0.05, 0) is 30.5 Å². The Hall–Kier alpha value is -1.20. The van der Waals surface area contributed by atoms with E-state index < -0.39 is 0 Å². The van der Waals surface area contributed by atoms with Crippen molar-refractivity contribution in [1.82, 2.24) is 0 Å². The maximum absolute atomic E-state index is 14.1. The van der Waals surface area contributed by atoms with Crippen molar-refractivity contribution < 1.29 is 9.50 Å². The number of nitrogens with two attached hydrogens (primary N) is 1. The van der Waals surface area contributed by atoms with E-state index in [1.807, 2.05) is 4.90 Å². The van der Waals surface area contributed by atoms with Gasteiger partial charge in [0.2, 0.25) is 0 Å². The first-order chi connectivity index (χ1) is 8.54. The molecule has 2 unspecified atom stereocenters. The predicted molar refractivity (Wildman–Crippen MR) is 74.3 cm³/mol. The summed E-state index contributed by atoms with van der Waals surface area (Å²) in [6.45, 7) is 2.87. The van der Waals surface area contributed by atoms with Crippen molar-refractivity contribution in [3.05, 3.63) is 29.6 Å². The molecule has 2 rings (SSSR count). The van der Waals surface area contributed by atoms with Gasteiger partial charge in [-0.25, -0.2) is 4.39 Å². The lowest BCUT2D eigenvalue weighted by Gasteiger charge is -2.27. The lowest BCUT2D eigenvalue weighted by molar-refractivity contribution is 0.244. The van der Waals surface area contributed by atoms with E-state index in [-0.39, 0.29) is 23.5 Å². The molecule has 2 atom stereocenters. The molecule has 1 aliphatic rings. The van der Waals surface area contributed by atoms with Crippen molar-refractivity contribution >= 4 is 22.9 Å². The highest BCUT2D eigenvalue weighted by molar-refractivity contribution is 7.80. The monoisotopic (exact) mass is 268 g/mol. The molecule has 1 aromatic carbocycles. The molecular weight excluding hydrogens is 251 g/mol. The zero-order valence-corrected chi connectivity index (χ0v) is 11.1. The normalized spacial score (nSPS) is 23.4. The first-order valence-corrected chi connectivity index (χ1v) is 6.42. The zero-order chi connectivity index (χ0) is 13.3. The summed E-state index contributed by atoms with van der Waals surface area (Å²) < 4.78 is 14.1. The molecule has 3 nitrogen and oxygen atoms in total. The quantitative estimate of drug-likeness (QED) is 0.819. The highest BCUT2D eigenvalue weighted by Crippen LogP contribution is 2.31. The van der Waals surface area contributed by atoms with Crippen molar-refractivity contribution in [2.75, 3.05) is 18.1 Å². The minimum atomic E-state index is -0.340. The summed E-state index contributed by atoms with van der Waals surface area (Å²) >= 11 is 4.82. The summed E-state index contributed by atoms with van der Waals surface area (Å²) in [5, 5.41) is 9.40. The van der Waals surface area contributed by atoms with Gasteiger partial charge in [0.15, 0.2) is 0 Å². The van der Waals surface area contributed by atoms with Crippen LogP contribution in [0.3, 0.4) is 0 Å². The van der Waals surface area contributed by atoms with Gasteiger partial charge in [-0.1, -0.05) is 19.1 Å². The van der Waals surface area contributed by atoms with Crippen LogP contribution in [-0.2, 0) is 0 Å². The van der Waals surface area contributed by atoms with E-state index in [1.54, 1.807) is 12.1 Å². The number of rotatable bonds is 3. The van der Waals surface area contributed by atoms with Crippen LogP contribution in [0.2, 0.25) is 0 Å². The van der Waals surface area contributed by atoms with E-state index in [0.717, 1.165) is 13.0 Å². The number of hydrogen-bond acceptors (Lipinski definition) is 3. The van der Waals surface area contributed by atoms with Gasteiger partial charge in [0.1, 0.15) is 10.8 Å². The smallest absolute Gasteiger partial charge is 0.147 e. The van der Waals surface area contributed by atoms with Crippen LogP contribution in [0.25, 0.3) is 0 Å². The maximum Gasteiger partial charge on any atom is 0.147 e. The molecular formula is C13H17FN2OS. The number of halogens is 1. The molecule has 0 aliphatic carbocycles. The van der Waals surface area contributed by atoms with Crippen LogP contribution in [0.1, 0.15) is 18.9 Å². The Morgan fingerprint density at radius 1 is 1.61 bits per heavy atom. The molecule has 3 N–H and O–H groups in total. The topological polar surface area (TPSA) is 49.5 Å². The number of aliphatic hydroxyl groups is 1. The second-order valence-corrected chi connectivity index (χ2v) is 5.18. The summed E-state index contributed by atoms with van der Waals surface area (Å²) in [5.74, 6) is 0.0255. The van der Waals surface area contributed by atoms with Gasteiger partial charge in [-0.15, -0.1) is 0 Å². The fraction of sp³-hybridized carbons (Fsp3) is 0.462. The molecule has 1 heterocycles. The first kappa shape index (κ1) is 13.2. The molecule has 0 radical (unpaired) electrons. The third-order valence-corrected chi connectivity index (χ3v) is 3.85. The average molecular weight is 268 g/mol. The summed E-state index contributed by atoms with van der Waals surface area (Å²) in [6.07, 6.45) is 0.960. The Kier molecular flexibility index (Phi) is 3.82. The second-order valence-electron chi connectivity index (χ2n) is 4.74. The average Bonchev–Trinajstić information content (AvgIpc) is 2.70. The third-order valence-electron chi connectivity index (χ3n) is 3.61. The van der Waals surface area contributed by atoms with E-state index >= 15 is 0 Å². The van der Waals surface area contributed by atoms with Crippen molar-refractivity contribution in [3.8, 4) is 0 Å². The molecule has 0 saturated carbocycles. The van der Waals surface area contributed by atoms with E-state index in [2.05, 4.69) is 6.92 Å². The van der Waals surface area contributed by atoms with Crippen molar-refractivity contribution in [2.24, 2.45) is 11.7 Å². The molecule has 0 spiro atoms. The highest BCUT2D eigenvalue weighted by atomic mass is 32.1. The third kappa shape index (κ3) is 2.33. The van der Waals surface area contributed by atoms with Crippen molar-refractivity contribution in [1.29, 1.82) is 0 Å². The molecule has 1 fully saturated rings. The molecule has 0 bridgehead atoms. The largest absolute Gasteiger partial charge is 0.394 e.